The van der Waals surface area contributed by atoms with Crippen molar-refractivity contribution in [2.75, 3.05) is 13.1 Å². The van der Waals surface area contributed by atoms with E-state index >= 15 is 0 Å². The molecule has 4 nitrogen and oxygen atoms in total. The molecule has 0 atom stereocenters. The lowest BCUT2D eigenvalue weighted by Crippen LogP contribution is -2.42. The Bertz CT molecular complexity index is 241. The highest BCUT2D eigenvalue weighted by Gasteiger charge is 2.30. The lowest BCUT2D eigenvalue weighted by molar-refractivity contribution is -0.148. The first-order valence-corrected chi connectivity index (χ1v) is 4.65. The van der Waals surface area contributed by atoms with Crippen molar-refractivity contribution in [1.29, 1.82) is 5.26 Å². The molecule has 0 aliphatic rings. The van der Waals surface area contributed by atoms with E-state index < -0.39 is 11.4 Å². The smallest absolute Gasteiger partial charge is 0.310 e. The molecule has 0 heterocycles. The van der Waals surface area contributed by atoms with Crippen LogP contribution in [0.2, 0.25) is 0 Å². The van der Waals surface area contributed by atoms with E-state index in [1.165, 1.54) is 0 Å². The Morgan fingerprint density at radius 3 is 2.36 bits per heavy atom. The molecule has 0 aliphatic carbocycles. The Balaban J connectivity index is 4.45. The number of nitrogens with zero attached hydrogens (tertiary/aromatic N) is 2. The molecule has 0 saturated heterocycles. The summed E-state index contributed by atoms with van der Waals surface area (Å²) in [6.07, 6.45) is 0. The van der Waals surface area contributed by atoms with Crippen LogP contribution < -0.4 is 0 Å². The minimum absolute atomic E-state index is 0.188. The third-order valence-electron chi connectivity index (χ3n) is 2.18. The van der Waals surface area contributed by atoms with Crippen LogP contribution >= 0.6 is 0 Å². The van der Waals surface area contributed by atoms with E-state index in [2.05, 4.69) is 0 Å². The number of aliphatic carboxylic acids is 1. The van der Waals surface area contributed by atoms with Crippen molar-refractivity contribution < 1.29 is 9.90 Å². The highest BCUT2D eigenvalue weighted by atomic mass is 16.4. The summed E-state index contributed by atoms with van der Waals surface area (Å²) >= 11 is 0. The van der Waals surface area contributed by atoms with Gasteiger partial charge in [-0.2, -0.15) is 5.26 Å². The molecule has 0 fully saturated rings. The van der Waals surface area contributed by atoms with Gasteiger partial charge >= 0.3 is 5.97 Å². The van der Waals surface area contributed by atoms with E-state index in [1.807, 2.05) is 24.8 Å². The second-order valence-electron chi connectivity index (χ2n) is 4.35. The van der Waals surface area contributed by atoms with E-state index in [9.17, 15) is 4.79 Å². The Kier molecular flexibility index (Phi) is 4.58. The maximum Gasteiger partial charge on any atom is 0.310 e. The normalized spacial score (nSPS) is 11.8. The molecule has 80 valence electrons. The Labute approximate surface area is 85.1 Å². The number of hydrogen-bond donors (Lipinski definition) is 1. The molecule has 0 aromatic carbocycles. The molecule has 0 rings (SSSR count). The van der Waals surface area contributed by atoms with E-state index in [4.69, 9.17) is 10.4 Å². The second-order valence-corrected chi connectivity index (χ2v) is 4.35. The summed E-state index contributed by atoms with van der Waals surface area (Å²) in [5.41, 5.74) is -0.804. The summed E-state index contributed by atoms with van der Waals surface area (Å²) in [6.45, 7) is 7.91. The van der Waals surface area contributed by atoms with Gasteiger partial charge in [0.25, 0.3) is 0 Å². The van der Waals surface area contributed by atoms with Gasteiger partial charge in [-0.05, 0) is 27.7 Å². The van der Waals surface area contributed by atoms with E-state index in [-0.39, 0.29) is 12.6 Å². The van der Waals surface area contributed by atoms with E-state index in [0.29, 0.717) is 6.54 Å². The quantitative estimate of drug-likeness (QED) is 0.677. The van der Waals surface area contributed by atoms with Crippen molar-refractivity contribution in [3.63, 3.8) is 0 Å². The lowest BCUT2D eigenvalue weighted by atomic mass is 9.92. The summed E-state index contributed by atoms with van der Waals surface area (Å²) in [6, 6.07) is 2.23. The van der Waals surface area contributed by atoms with E-state index in [0.717, 1.165) is 0 Å². The summed E-state index contributed by atoms with van der Waals surface area (Å²) in [4.78, 5) is 12.7. The van der Waals surface area contributed by atoms with Crippen molar-refractivity contribution >= 4 is 5.97 Å². The van der Waals surface area contributed by atoms with Crippen LogP contribution in [-0.4, -0.2) is 35.1 Å². The molecule has 0 radical (unpaired) electrons. The first-order chi connectivity index (χ1) is 6.31. The number of carboxylic acids is 1. The molecule has 0 amide bonds. The Morgan fingerprint density at radius 1 is 1.57 bits per heavy atom. The minimum Gasteiger partial charge on any atom is -0.481 e. The van der Waals surface area contributed by atoms with Gasteiger partial charge in [-0.1, -0.05) is 0 Å². The van der Waals surface area contributed by atoms with Crippen molar-refractivity contribution in [3.8, 4) is 6.07 Å². The first kappa shape index (κ1) is 12.9. The van der Waals surface area contributed by atoms with Gasteiger partial charge in [0, 0.05) is 12.6 Å². The summed E-state index contributed by atoms with van der Waals surface area (Å²) in [5.74, 6) is -0.832. The zero-order valence-corrected chi connectivity index (χ0v) is 9.24. The van der Waals surface area contributed by atoms with Gasteiger partial charge in [0.1, 0.15) is 0 Å². The molecule has 0 aliphatic heterocycles. The average molecular weight is 198 g/mol. The first-order valence-electron chi connectivity index (χ1n) is 4.65. The van der Waals surface area contributed by atoms with Gasteiger partial charge in [-0.3, -0.25) is 9.69 Å². The highest BCUT2D eigenvalue weighted by molar-refractivity contribution is 5.73. The van der Waals surface area contributed by atoms with Crippen LogP contribution in [0.15, 0.2) is 0 Å². The predicted octanol–water partition coefficient (Wildman–Crippen LogP) is 1.33. The number of nitriles is 1. The topological polar surface area (TPSA) is 64.3 Å². The van der Waals surface area contributed by atoms with Crippen molar-refractivity contribution in [2.45, 2.75) is 33.7 Å². The number of carbonyl (C=O) groups is 1. The van der Waals surface area contributed by atoms with Gasteiger partial charge in [0.15, 0.2) is 0 Å². The largest absolute Gasteiger partial charge is 0.481 e. The molecule has 0 saturated carbocycles. The average Bonchev–Trinajstić information content (AvgIpc) is 2.02. The monoisotopic (exact) mass is 198 g/mol. The Hall–Kier alpha value is -1.08. The fraction of sp³-hybridized carbons (Fsp3) is 0.800. The molecule has 14 heavy (non-hydrogen) atoms. The number of rotatable bonds is 5. The van der Waals surface area contributed by atoms with Crippen LogP contribution in [0.1, 0.15) is 27.7 Å². The van der Waals surface area contributed by atoms with Gasteiger partial charge in [-0.15, -0.1) is 0 Å². The minimum atomic E-state index is -0.832. The second kappa shape index (κ2) is 4.97. The molecule has 0 spiro atoms. The fourth-order valence-electron chi connectivity index (χ4n) is 1.09. The zero-order valence-electron chi connectivity index (χ0n) is 9.24. The standard InChI is InChI=1S/C10H18N2O2/c1-8(2)12(6-5-11)7-10(3,4)9(13)14/h8H,6-7H2,1-4H3,(H,13,14). The molecular formula is C10H18N2O2. The van der Waals surface area contributed by atoms with Crippen LogP contribution in [0.5, 0.6) is 0 Å². The molecule has 4 heteroatoms. The number of carboxylic acid groups (broad SMARTS) is 1. The zero-order chi connectivity index (χ0) is 11.4. The maximum absolute atomic E-state index is 10.9. The Morgan fingerprint density at radius 2 is 2.07 bits per heavy atom. The van der Waals surface area contributed by atoms with Crippen LogP contribution in [-0.2, 0) is 4.79 Å². The lowest BCUT2D eigenvalue weighted by Gasteiger charge is -2.30. The van der Waals surface area contributed by atoms with Crippen LogP contribution in [0, 0.1) is 16.7 Å². The number of hydrogen-bond acceptors (Lipinski definition) is 3. The summed E-state index contributed by atoms with van der Waals surface area (Å²) < 4.78 is 0. The highest BCUT2D eigenvalue weighted by Crippen LogP contribution is 2.18. The third kappa shape index (κ3) is 3.75. The predicted molar refractivity (Wildman–Crippen MR) is 53.7 cm³/mol. The molecule has 0 unspecified atom stereocenters. The van der Waals surface area contributed by atoms with Crippen molar-refractivity contribution in [1.82, 2.24) is 4.90 Å². The van der Waals surface area contributed by atoms with Crippen LogP contribution in [0.3, 0.4) is 0 Å². The van der Waals surface area contributed by atoms with Gasteiger partial charge < -0.3 is 5.11 Å². The van der Waals surface area contributed by atoms with Crippen molar-refractivity contribution in [2.24, 2.45) is 5.41 Å². The maximum atomic E-state index is 10.9. The summed E-state index contributed by atoms with van der Waals surface area (Å²) in [7, 11) is 0. The van der Waals surface area contributed by atoms with Gasteiger partial charge in [0.2, 0.25) is 0 Å². The molecule has 0 aromatic heterocycles. The fourth-order valence-corrected chi connectivity index (χ4v) is 1.09. The van der Waals surface area contributed by atoms with Gasteiger partial charge in [0.05, 0.1) is 18.0 Å². The molecule has 0 bridgehead atoms. The molecule has 1 N–H and O–H groups in total. The van der Waals surface area contributed by atoms with E-state index in [1.54, 1.807) is 13.8 Å². The van der Waals surface area contributed by atoms with Gasteiger partial charge in [-0.25, -0.2) is 0 Å². The SMILES string of the molecule is CC(C)N(CC#N)CC(C)(C)C(=O)O. The van der Waals surface area contributed by atoms with Crippen LogP contribution in [0.4, 0.5) is 0 Å². The molecular weight excluding hydrogens is 180 g/mol. The van der Waals surface area contributed by atoms with Crippen LogP contribution in [0.25, 0.3) is 0 Å². The third-order valence-corrected chi connectivity index (χ3v) is 2.18. The molecule has 0 aromatic rings. The van der Waals surface area contributed by atoms with Crippen molar-refractivity contribution in [3.05, 3.63) is 0 Å². The summed E-state index contributed by atoms with van der Waals surface area (Å²) in [5, 5.41) is 17.5.